The molecule has 6 nitrogen and oxygen atoms in total. The second-order valence-corrected chi connectivity index (χ2v) is 10.6. The summed E-state index contributed by atoms with van der Waals surface area (Å²) >= 11 is 4.85. The predicted molar refractivity (Wildman–Crippen MR) is 131 cm³/mol. The molecule has 1 N–H and O–H groups in total. The van der Waals surface area contributed by atoms with E-state index >= 15 is 0 Å². The number of nitrogens with one attached hydrogen (secondary N) is 1. The minimum Gasteiger partial charge on any atom is -0.309 e. The van der Waals surface area contributed by atoms with Gasteiger partial charge in [-0.25, -0.2) is 4.98 Å². The average molecular weight is 478 g/mol. The van der Waals surface area contributed by atoms with Crippen LogP contribution in [-0.2, 0) is 18.6 Å². The SMILES string of the molecule is O=c1[nH]c(CSc2nnc(-c3cccs3)n2-c2ccccc2)nc2sc3c(c12)CCCC3. The lowest BCUT2D eigenvalue weighted by molar-refractivity contribution is 0.700. The van der Waals surface area contributed by atoms with Gasteiger partial charge in [-0.1, -0.05) is 36.0 Å². The maximum absolute atomic E-state index is 12.9. The maximum Gasteiger partial charge on any atom is 0.259 e. The Kier molecular flexibility index (Phi) is 5.17. The summed E-state index contributed by atoms with van der Waals surface area (Å²) in [6.07, 6.45) is 4.39. The zero-order valence-corrected chi connectivity index (χ0v) is 19.5. The van der Waals surface area contributed by atoms with Crippen molar-refractivity contribution in [1.29, 1.82) is 0 Å². The van der Waals surface area contributed by atoms with Crippen molar-refractivity contribution in [1.82, 2.24) is 24.7 Å². The number of aromatic amines is 1. The van der Waals surface area contributed by atoms with Gasteiger partial charge in [0.15, 0.2) is 11.0 Å². The molecule has 1 aliphatic rings. The van der Waals surface area contributed by atoms with Gasteiger partial charge in [0.1, 0.15) is 10.7 Å². The van der Waals surface area contributed by atoms with Gasteiger partial charge >= 0.3 is 0 Å². The Bertz CT molecular complexity index is 1450. The van der Waals surface area contributed by atoms with E-state index in [9.17, 15) is 4.79 Å². The minimum absolute atomic E-state index is 0.0196. The molecular weight excluding hydrogens is 458 g/mol. The van der Waals surface area contributed by atoms with Crippen LogP contribution in [0.4, 0.5) is 0 Å². The van der Waals surface area contributed by atoms with Gasteiger partial charge in [0, 0.05) is 10.6 Å². The third kappa shape index (κ3) is 3.50. The lowest BCUT2D eigenvalue weighted by Crippen LogP contribution is -2.12. The molecule has 9 heteroatoms. The molecule has 0 radical (unpaired) electrons. The van der Waals surface area contributed by atoms with E-state index in [-0.39, 0.29) is 5.56 Å². The second kappa shape index (κ2) is 8.31. The fourth-order valence-electron chi connectivity index (χ4n) is 4.15. The van der Waals surface area contributed by atoms with Crippen molar-refractivity contribution < 1.29 is 0 Å². The Hall–Kier alpha value is -2.75. The van der Waals surface area contributed by atoms with Crippen molar-refractivity contribution >= 4 is 44.7 Å². The monoisotopic (exact) mass is 477 g/mol. The number of rotatable bonds is 5. The van der Waals surface area contributed by atoms with E-state index < -0.39 is 0 Å². The topological polar surface area (TPSA) is 76.5 Å². The van der Waals surface area contributed by atoms with Gasteiger partial charge < -0.3 is 4.98 Å². The van der Waals surface area contributed by atoms with E-state index in [4.69, 9.17) is 4.98 Å². The molecule has 1 aromatic carbocycles. The first-order valence-corrected chi connectivity index (χ1v) is 13.2. The van der Waals surface area contributed by atoms with Crippen molar-refractivity contribution in [2.75, 3.05) is 0 Å². The average Bonchev–Trinajstić information content (AvgIpc) is 3.55. The van der Waals surface area contributed by atoms with E-state index in [0.29, 0.717) is 11.6 Å². The molecule has 0 fully saturated rings. The van der Waals surface area contributed by atoms with Crippen LogP contribution in [0.3, 0.4) is 0 Å². The molecule has 160 valence electrons. The molecule has 0 aliphatic heterocycles. The maximum atomic E-state index is 12.9. The number of hydrogen-bond donors (Lipinski definition) is 1. The normalized spacial score (nSPS) is 13.5. The molecule has 1 aliphatic carbocycles. The Morgan fingerprint density at radius 3 is 2.78 bits per heavy atom. The molecule has 0 atom stereocenters. The number of thiophene rings is 2. The Morgan fingerprint density at radius 2 is 1.94 bits per heavy atom. The van der Waals surface area contributed by atoms with E-state index in [2.05, 4.69) is 19.7 Å². The summed E-state index contributed by atoms with van der Waals surface area (Å²) in [6.45, 7) is 0. The highest BCUT2D eigenvalue weighted by Crippen LogP contribution is 2.34. The number of fused-ring (bicyclic) bond motifs is 3. The van der Waals surface area contributed by atoms with Gasteiger partial charge in [-0.15, -0.1) is 32.9 Å². The van der Waals surface area contributed by atoms with Gasteiger partial charge in [-0.3, -0.25) is 9.36 Å². The molecule has 0 amide bonds. The molecule has 32 heavy (non-hydrogen) atoms. The van der Waals surface area contributed by atoms with Gasteiger partial charge in [0.05, 0.1) is 16.0 Å². The fraction of sp³-hybridized carbons (Fsp3) is 0.217. The second-order valence-electron chi connectivity index (χ2n) is 7.65. The molecule has 0 unspecified atom stereocenters. The predicted octanol–water partition coefficient (Wildman–Crippen LogP) is 5.46. The summed E-state index contributed by atoms with van der Waals surface area (Å²) in [6, 6.07) is 14.2. The number of aryl methyl sites for hydroxylation is 2. The van der Waals surface area contributed by atoms with Crippen LogP contribution >= 0.6 is 34.4 Å². The number of nitrogens with zero attached hydrogens (tertiary/aromatic N) is 4. The summed E-state index contributed by atoms with van der Waals surface area (Å²) in [4.78, 5) is 23.9. The van der Waals surface area contributed by atoms with Crippen LogP contribution in [0, 0.1) is 0 Å². The van der Waals surface area contributed by atoms with Crippen LogP contribution in [0.15, 0.2) is 57.8 Å². The zero-order chi connectivity index (χ0) is 21.5. The summed E-state index contributed by atoms with van der Waals surface area (Å²) in [5.74, 6) is 2.01. The van der Waals surface area contributed by atoms with Crippen LogP contribution in [0.25, 0.3) is 26.6 Å². The van der Waals surface area contributed by atoms with Gasteiger partial charge in [0.2, 0.25) is 0 Å². The minimum atomic E-state index is -0.0196. The molecule has 0 bridgehead atoms. The summed E-state index contributed by atoms with van der Waals surface area (Å²) in [7, 11) is 0. The van der Waals surface area contributed by atoms with Crippen molar-refractivity contribution in [2.45, 2.75) is 36.6 Å². The van der Waals surface area contributed by atoms with Crippen molar-refractivity contribution in [3.63, 3.8) is 0 Å². The molecule has 6 rings (SSSR count). The third-order valence-corrected chi connectivity index (χ3v) is 8.59. The van der Waals surface area contributed by atoms with Crippen LogP contribution in [0.1, 0.15) is 29.1 Å². The number of H-pyrrole nitrogens is 1. The van der Waals surface area contributed by atoms with Crippen LogP contribution < -0.4 is 5.56 Å². The Morgan fingerprint density at radius 1 is 1.06 bits per heavy atom. The Labute approximate surface area is 196 Å². The quantitative estimate of drug-likeness (QED) is 0.340. The number of para-hydroxylation sites is 1. The summed E-state index contributed by atoms with van der Waals surface area (Å²) in [5.41, 5.74) is 2.20. The lowest BCUT2D eigenvalue weighted by atomic mass is 9.97. The molecule has 0 spiro atoms. The van der Waals surface area contributed by atoms with Crippen LogP contribution in [-0.4, -0.2) is 24.7 Å². The lowest BCUT2D eigenvalue weighted by Gasteiger charge is -2.10. The fourth-order valence-corrected chi connectivity index (χ4v) is 6.95. The van der Waals surface area contributed by atoms with Crippen molar-refractivity contribution in [2.24, 2.45) is 0 Å². The summed E-state index contributed by atoms with van der Waals surface area (Å²) < 4.78 is 2.07. The summed E-state index contributed by atoms with van der Waals surface area (Å²) in [5, 5.41) is 12.5. The van der Waals surface area contributed by atoms with E-state index in [0.717, 1.165) is 51.0 Å². The van der Waals surface area contributed by atoms with Gasteiger partial charge in [0.25, 0.3) is 5.56 Å². The van der Waals surface area contributed by atoms with Crippen LogP contribution in [0.5, 0.6) is 0 Å². The molecule has 4 aromatic heterocycles. The molecule has 0 saturated heterocycles. The highest BCUT2D eigenvalue weighted by Gasteiger charge is 2.21. The number of hydrogen-bond acceptors (Lipinski definition) is 7. The highest BCUT2D eigenvalue weighted by molar-refractivity contribution is 7.98. The smallest absolute Gasteiger partial charge is 0.259 e. The largest absolute Gasteiger partial charge is 0.309 e. The van der Waals surface area contributed by atoms with E-state index in [1.165, 1.54) is 28.6 Å². The highest BCUT2D eigenvalue weighted by atomic mass is 32.2. The first kappa shape index (κ1) is 19.9. The zero-order valence-electron chi connectivity index (χ0n) is 17.1. The number of thioether (sulfide) groups is 1. The Balaban J connectivity index is 1.35. The standard InChI is InChI=1S/C23H19N5OS3/c29-21-19-15-9-4-5-10-16(15)32-22(19)25-18(24-21)13-31-23-27-26-20(17-11-6-12-30-17)28(23)14-7-2-1-3-8-14/h1-3,6-8,11-12H,4-5,9-10,13H2,(H,24,25,29). The number of aromatic nitrogens is 5. The third-order valence-electron chi connectivity index (χ3n) is 5.60. The van der Waals surface area contributed by atoms with Gasteiger partial charge in [-0.2, -0.15) is 0 Å². The molecular formula is C23H19N5OS3. The van der Waals surface area contributed by atoms with Crippen molar-refractivity contribution in [3.8, 4) is 16.4 Å². The first-order valence-electron chi connectivity index (χ1n) is 10.5. The van der Waals surface area contributed by atoms with E-state index in [1.807, 2.05) is 47.8 Å². The van der Waals surface area contributed by atoms with E-state index in [1.54, 1.807) is 22.7 Å². The van der Waals surface area contributed by atoms with Gasteiger partial charge in [-0.05, 0) is 54.8 Å². The molecule has 5 aromatic rings. The van der Waals surface area contributed by atoms with Crippen LogP contribution in [0.2, 0.25) is 0 Å². The first-order chi connectivity index (χ1) is 15.8. The molecule has 4 heterocycles. The molecule has 0 saturated carbocycles. The number of benzene rings is 1. The van der Waals surface area contributed by atoms with Crippen molar-refractivity contribution in [3.05, 3.63) is 74.5 Å².